The molecule has 52 heavy (non-hydrogen) atoms. The number of furan rings is 1. The lowest BCUT2D eigenvalue weighted by Crippen LogP contribution is -2.81. The Morgan fingerprint density at radius 2 is 1.67 bits per heavy atom. The molecule has 1 aromatic rings. The van der Waals surface area contributed by atoms with Crippen LogP contribution in [0, 0.1) is 34.0 Å². The molecule has 3 fully saturated rings. The summed E-state index contributed by atoms with van der Waals surface area (Å²) in [5.41, 5.74) is -6.73. The van der Waals surface area contributed by atoms with Crippen molar-refractivity contribution in [3.8, 4) is 0 Å². The Morgan fingerprint density at radius 3 is 2.21 bits per heavy atom. The van der Waals surface area contributed by atoms with Gasteiger partial charge in [-0.05, 0) is 49.8 Å². The first-order valence-corrected chi connectivity index (χ1v) is 17.4. The quantitative estimate of drug-likeness (QED) is 0.170. The minimum atomic E-state index is -2.86. The number of aliphatic hydroxyl groups is 2. The Morgan fingerprint density at radius 1 is 1.02 bits per heavy atom. The average Bonchev–Trinajstić information content (AvgIpc) is 3.62. The zero-order valence-electron chi connectivity index (χ0n) is 31.1. The highest BCUT2D eigenvalue weighted by atomic mass is 16.6. The number of aliphatic hydroxyl groups excluding tert-OH is 1. The molecule has 1 saturated heterocycles. The van der Waals surface area contributed by atoms with Gasteiger partial charge >= 0.3 is 29.8 Å². The molecule has 2 saturated carbocycles. The number of hydrogen-bond acceptors (Lipinski definition) is 14. The van der Waals surface area contributed by atoms with Gasteiger partial charge in [0.25, 0.3) is 0 Å². The van der Waals surface area contributed by atoms with Crippen molar-refractivity contribution < 1.29 is 67.1 Å². The second-order valence-electron chi connectivity index (χ2n) is 15.7. The molecule has 3 aliphatic carbocycles. The van der Waals surface area contributed by atoms with Crippen LogP contribution in [0.2, 0.25) is 0 Å². The number of cyclic esters (lactones) is 1. The Hall–Kier alpha value is -4.30. The molecule has 0 aromatic carbocycles. The summed E-state index contributed by atoms with van der Waals surface area (Å²) in [4.78, 5) is 82.3. The number of allylic oxidation sites excluding steroid dienone is 1. The summed E-state index contributed by atoms with van der Waals surface area (Å²) >= 11 is 0. The van der Waals surface area contributed by atoms with E-state index >= 15 is 4.79 Å². The molecule has 14 heteroatoms. The number of carbonyl (C=O) groups is 6. The molecule has 1 aliphatic heterocycles. The van der Waals surface area contributed by atoms with E-state index < -0.39 is 106 Å². The number of methoxy groups -OCH3 is 1. The number of hydrogen-bond donors (Lipinski definition) is 2. The fourth-order valence-electron chi connectivity index (χ4n) is 9.50. The van der Waals surface area contributed by atoms with E-state index in [9.17, 15) is 34.2 Å². The second-order valence-corrected chi connectivity index (χ2v) is 15.7. The first-order valence-electron chi connectivity index (χ1n) is 17.4. The summed E-state index contributed by atoms with van der Waals surface area (Å²) < 4.78 is 34.1. The van der Waals surface area contributed by atoms with Gasteiger partial charge in [-0.2, -0.15) is 0 Å². The Balaban J connectivity index is 1.95. The van der Waals surface area contributed by atoms with E-state index in [0.717, 1.165) is 14.0 Å². The summed E-state index contributed by atoms with van der Waals surface area (Å²) in [5.74, 6) is -8.77. The lowest BCUT2D eigenvalue weighted by Gasteiger charge is -2.67. The number of fused-ring (bicyclic) bond motifs is 5. The summed E-state index contributed by atoms with van der Waals surface area (Å²) in [6, 6.07) is 1.61. The SMILES string of the molecule is C/C=C(\C)C(=O)O[C@H]1C(C)(C)[C@H]([C@H](O)C(=O)OC)[C@]2(C)C(=O)[C@@]1(O)[C@@H](OC(=O)C(C)C)C1=C3[C@@H](OC(C)=O)C(=O)O[C@@H](c4ccoc4)[C@]3(C)CC[C@@H]12. The molecule has 0 spiro atoms. The van der Waals surface area contributed by atoms with Gasteiger partial charge in [0.15, 0.2) is 18.0 Å². The van der Waals surface area contributed by atoms with E-state index in [1.807, 2.05) is 0 Å². The van der Waals surface area contributed by atoms with Gasteiger partial charge in [0, 0.05) is 40.2 Å². The fraction of sp³-hybridized carbons (Fsp3) is 0.632. The number of ketones is 1. The van der Waals surface area contributed by atoms with Crippen molar-refractivity contribution in [3.63, 3.8) is 0 Å². The van der Waals surface area contributed by atoms with Crippen LogP contribution in [0.1, 0.15) is 86.8 Å². The Kier molecular flexibility index (Phi) is 9.94. The molecule has 284 valence electrons. The van der Waals surface area contributed by atoms with Crippen molar-refractivity contribution in [2.24, 2.45) is 34.0 Å². The number of Topliss-reactive ketones (excluding diaryl/α,β-unsaturated/α-hetero) is 1. The van der Waals surface area contributed by atoms with Gasteiger partial charge in [-0.25, -0.2) is 14.4 Å². The molecule has 0 amide bonds. The van der Waals surface area contributed by atoms with Gasteiger partial charge in [-0.1, -0.05) is 47.6 Å². The predicted octanol–water partition coefficient (Wildman–Crippen LogP) is 3.48. The number of rotatable bonds is 8. The maximum atomic E-state index is 15.3. The van der Waals surface area contributed by atoms with Crippen LogP contribution in [-0.4, -0.2) is 83.0 Å². The molecule has 0 unspecified atom stereocenters. The smallest absolute Gasteiger partial charge is 0.352 e. The van der Waals surface area contributed by atoms with Crippen molar-refractivity contribution in [3.05, 3.63) is 47.0 Å². The van der Waals surface area contributed by atoms with Crippen LogP contribution in [0.25, 0.3) is 0 Å². The molecule has 10 atom stereocenters. The van der Waals surface area contributed by atoms with E-state index in [4.69, 9.17) is 28.1 Å². The fourth-order valence-corrected chi connectivity index (χ4v) is 9.50. The Labute approximate surface area is 301 Å². The first-order chi connectivity index (χ1) is 24.1. The number of ether oxygens (including phenoxy) is 5. The monoisotopic (exact) mass is 728 g/mol. The molecule has 14 nitrogen and oxygen atoms in total. The minimum Gasteiger partial charge on any atom is -0.472 e. The van der Waals surface area contributed by atoms with Crippen LogP contribution in [0.4, 0.5) is 0 Å². The van der Waals surface area contributed by atoms with Crippen LogP contribution < -0.4 is 0 Å². The highest BCUT2D eigenvalue weighted by Crippen LogP contribution is 2.69. The highest BCUT2D eigenvalue weighted by molar-refractivity contribution is 6.00. The summed E-state index contributed by atoms with van der Waals surface area (Å²) in [7, 11) is 1.07. The van der Waals surface area contributed by atoms with Crippen LogP contribution in [0.15, 0.2) is 45.8 Å². The van der Waals surface area contributed by atoms with Crippen LogP contribution >= 0.6 is 0 Å². The van der Waals surface area contributed by atoms with Crippen molar-refractivity contribution in [1.29, 1.82) is 0 Å². The lowest BCUT2D eigenvalue weighted by molar-refractivity contribution is -0.266. The van der Waals surface area contributed by atoms with E-state index in [2.05, 4.69) is 0 Å². The largest absolute Gasteiger partial charge is 0.472 e. The van der Waals surface area contributed by atoms with Crippen molar-refractivity contribution in [1.82, 2.24) is 0 Å². The highest BCUT2D eigenvalue weighted by Gasteiger charge is 2.80. The molecule has 0 radical (unpaired) electrons. The minimum absolute atomic E-state index is 0.0742. The van der Waals surface area contributed by atoms with Gasteiger partial charge in [-0.15, -0.1) is 0 Å². The second kappa shape index (κ2) is 13.3. The number of carbonyl (C=O) groups excluding carboxylic acids is 6. The molecule has 5 rings (SSSR count). The maximum Gasteiger partial charge on any atom is 0.352 e. The van der Waals surface area contributed by atoms with Gasteiger partial charge < -0.3 is 38.3 Å². The van der Waals surface area contributed by atoms with Gasteiger partial charge in [-0.3, -0.25) is 14.4 Å². The normalized spacial score (nSPS) is 35.8. The van der Waals surface area contributed by atoms with E-state index in [1.165, 1.54) is 32.4 Å². The first kappa shape index (κ1) is 38.9. The van der Waals surface area contributed by atoms with Gasteiger partial charge in [0.05, 0.1) is 25.6 Å². The van der Waals surface area contributed by atoms with E-state index in [0.29, 0.717) is 5.56 Å². The predicted molar refractivity (Wildman–Crippen MR) is 178 cm³/mol. The van der Waals surface area contributed by atoms with Crippen LogP contribution in [0.5, 0.6) is 0 Å². The third kappa shape index (κ3) is 5.51. The zero-order chi connectivity index (χ0) is 38.9. The third-order valence-electron chi connectivity index (χ3n) is 11.9. The van der Waals surface area contributed by atoms with Crippen molar-refractivity contribution in [2.45, 2.75) is 111 Å². The van der Waals surface area contributed by atoms with Crippen molar-refractivity contribution >= 4 is 35.6 Å². The molecule has 2 heterocycles. The van der Waals surface area contributed by atoms with E-state index in [1.54, 1.807) is 47.6 Å². The Bertz CT molecular complexity index is 1730. The van der Waals surface area contributed by atoms with Crippen LogP contribution in [-0.2, 0) is 52.5 Å². The molecule has 2 N–H and O–H groups in total. The van der Waals surface area contributed by atoms with Crippen LogP contribution in [0.3, 0.4) is 0 Å². The van der Waals surface area contributed by atoms with Crippen molar-refractivity contribution in [2.75, 3.05) is 7.11 Å². The average molecular weight is 729 g/mol. The maximum absolute atomic E-state index is 15.3. The van der Waals surface area contributed by atoms with E-state index in [-0.39, 0.29) is 29.6 Å². The van der Waals surface area contributed by atoms with Gasteiger partial charge in [0.2, 0.25) is 11.7 Å². The summed E-state index contributed by atoms with van der Waals surface area (Å²) in [5, 5.41) is 25.0. The number of esters is 5. The molecular formula is C38H48O14. The summed E-state index contributed by atoms with van der Waals surface area (Å²) in [6.07, 6.45) is -3.86. The lowest BCUT2D eigenvalue weighted by atomic mass is 9.38. The molecule has 4 aliphatic rings. The third-order valence-corrected chi connectivity index (χ3v) is 11.9. The zero-order valence-corrected chi connectivity index (χ0v) is 31.1. The summed E-state index contributed by atoms with van der Waals surface area (Å²) in [6.45, 7) is 13.6. The molecular weight excluding hydrogens is 680 g/mol. The molecule has 1 aromatic heterocycles. The molecule has 2 bridgehead atoms. The topological polar surface area (TPSA) is 202 Å². The van der Waals surface area contributed by atoms with Gasteiger partial charge in [0.1, 0.15) is 12.2 Å². The standard InChI is InChI=1S/C38H48O14/c1-11-18(4)30(42)52-34-35(6,7)26(24(40)31(43)47-10)37(9)21-12-14-36(8)23(22(21)28(38(34,46)33(37)45)51-29(41)17(2)3)25(49-19(5)39)32(44)50-27(36)20-13-15-48-16-20/h11,13,15-17,21,24-28,34,40,46H,12,14H2,1-10H3/b18-11+/t21-,24-,25+,26-,27-,28-,34-,36+,37+,38-/m0/s1.